The van der Waals surface area contributed by atoms with Crippen molar-refractivity contribution in [3.05, 3.63) is 138 Å². The second kappa shape index (κ2) is 21.4. The van der Waals surface area contributed by atoms with Gasteiger partial charge in [0.25, 0.3) is 5.97 Å². The first-order valence-electron chi connectivity index (χ1n) is 20.9. The van der Waals surface area contributed by atoms with Crippen LogP contribution in [0.3, 0.4) is 0 Å². The number of imidazole rings is 1. The average Bonchev–Trinajstić information content (AvgIpc) is 4.10. The van der Waals surface area contributed by atoms with Crippen molar-refractivity contribution in [2.24, 2.45) is 0 Å². The summed E-state index contributed by atoms with van der Waals surface area (Å²) in [5, 5.41) is 16.6. The molecule has 0 unspecified atom stereocenters. The molecular formula is C50H52N12O3S2. The van der Waals surface area contributed by atoms with Crippen molar-refractivity contribution < 1.29 is 14.7 Å². The number of aromatic nitrogens is 8. The lowest BCUT2D eigenvalue weighted by Crippen LogP contribution is -2.26. The number of anilines is 4. The number of nitrogens with one attached hydrogen (secondary N) is 1. The van der Waals surface area contributed by atoms with Gasteiger partial charge >= 0.3 is 0 Å². The molecule has 4 aromatic carbocycles. The second-order valence-electron chi connectivity index (χ2n) is 16.9. The second-order valence-corrected chi connectivity index (χ2v) is 18.7. The molecule has 0 atom stereocenters. The molecule has 67 heavy (non-hydrogen) atoms. The Morgan fingerprint density at radius 3 is 1.64 bits per heavy atom. The first-order valence-corrected chi connectivity index (χ1v) is 22.7. The van der Waals surface area contributed by atoms with Gasteiger partial charge in [-0.3, -0.25) is 9.59 Å². The van der Waals surface area contributed by atoms with E-state index in [1.807, 2.05) is 59.4 Å². The van der Waals surface area contributed by atoms with Crippen LogP contribution in [-0.2, 0) is 10.3 Å². The Labute approximate surface area is 396 Å². The van der Waals surface area contributed by atoms with Gasteiger partial charge in [-0.05, 0) is 76.9 Å². The summed E-state index contributed by atoms with van der Waals surface area (Å²) in [7, 11) is 0. The van der Waals surface area contributed by atoms with E-state index in [-0.39, 0.29) is 23.0 Å². The Balaban J connectivity index is 0.000000174. The summed E-state index contributed by atoms with van der Waals surface area (Å²) in [6.07, 6.45) is 11.3. The van der Waals surface area contributed by atoms with Crippen LogP contribution in [0.5, 0.6) is 0 Å². The van der Waals surface area contributed by atoms with Crippen molar-refractivity contribution in [1.82, 2.24) is 39.5 Å². The minimum Gasteiger partial charge on any atom is -0.481 e. The van der Waals surface area contributed by atoms with Crippen LogP contribution in [0.4, 0.5) is 23.3 Å². The normalized spacial score (nSPS) is 11.0. The molecule has 15 nitrogen and oxygen atoms in total. The van der Waals surface area contributed by atoms with Crippen LogP contribution in [0.2, 0.25) is 0 Å². The summed E-state index contributed by atoms with van der Waals surface area (Å²) in [4.78, 5) is 49.7. The predicted octanol–water partition coefficient (Wildman–Crippen LogP) is 10.9. The number of rotatable bonds is 7. The number of carbonyl (C=O) groups excluding carboxylic acids is 1. The molecule has 0 aliphatic rings. The minimum absolute atomic E-state index is 0.0278. The number of aliphatic carboxylic acids is 1. The lowest BCUT2D eigenvalue weighted by Gasteiger charge is -2.25. The topological polar surface area (TPSA) is 240 Å². The summed E-state index contributed by atoms with van der Waals surface area (Å²) in [5.74, 6) is 0.629. The summed E-state index contributed by atoms with van der Waals surface area (Å²) in [6, 6.07) is 27.9. The van der Waals surface area contributed by atoms with E-state index in [1.165, 1.54) is 11.3 Å². The maximum Gasteiger partial charge on any atom is 0.300 e. The maximum absolute atomic E-state index is 10.7. The van der Waals surface area contributed by atoms with Crippen molar-refractivity contribution in [3.8, 4) is 54.8 Å². The van der Waals surface area contributed by atoms with Crippen LogP contribution >= 0.6 is 22.7 Å². The van der Waals surface area contributed by atoms with E-state index >= 15 is 0 Å². The Morgan fingerprint density at radius 2 is 1.15 bits per heavy atom. The largest absolute Gasteiger partial charge is 0.481 e. The highest BCUT2D eigenvalue weighted by Gasteiger charge is 2.25. The third-order valence-electron chi connectivity index (χ3n) is 9.48. The molecule has 0 spiro atoms. The van der Waals surface area contributed by atoms with Gasteiger partial charge in [0.1, 0.15) is 15.8 Å². The Morgan fingerprint density at radius 1 is 0.657 bits per heavy atom. The molecule has 0 radical (unpaired) electrons. The number of carbonyl (C=O) groups is 2. The van der Waals surface area contributed by atoms with E-state index < -0.39 is 5.97 Å². The number of fused-ring (bicyclic) bond motifs is 1. The smallest absolute Gasteiger partial charge is 0.300 e. The van der Waals surface area contributed by atoms with Crippen molar-refractivity contribution >= 4 is 69.2 Å². The van der Waals surface area contributed by atoms with E-state index in [0.717, 1.165) is 84.7 Å². The molecule has 8 N–H and O–H groups in total. The fraction of sp³-hybridized carbons (Fsp3) is 0.180. The number of benzene rings is 4. The zero-order valence-corrected chi connectivity index (χ0v) is 39.8. The van der Waals surface area contributed by atoms with Crippen LogP contribution in [-0.4, -0.2) is 62.4 Å². The molecule has 0 fully saturated rings. The SMILES string of the molecule is CC(=O)O.CC(C)(C)Nc1ccc(-c2cnc(N)nc2)cc1N.CC(C)(C)n1c(-c2ccccc2-c2nccs2)nc2cc(-c3cnc(N)nc3)ccc21.O=Cc1ccccc1-c1nccs1. The third-order valence-corrected chi connectivity index (χ3v) is 11.1. The van der Waals surface area contributed by atoms with Crippen LogP contribution in [0.25, 0.3) is 65.8 Å². The van der Waals surface area contributed by atoms with Crippen LogP contribution in [0, 0.1) is 0 Å². The van der Waals surface area contributed by atoms with E-state index in [9.17, 15) is 4.79 Å². The van der Waals surface area contributed by atoms with Crippen molar-refractivity contribution in [3.63, 3.8) is 0 Å². The fourth-order valence-corrected chi connectivity index (χ4v) is 8.09. The quantitative estimate of drug-likeness (QED) is 0.0738. The number of hydrogen-bond acceptors (Lipinski definition) is 15. The van der Waals surface area contributed by atoms with Gasteiger partial charge in [-0.1, -0.05) is 60.7 Å². The van der Waals surface area contributed by atoms with Gasteiger partial charge in [-0.15, -0.1) is 22.7 Å². The molecular weight excluding hydrogens is 881 g/mol. The van der Waals surface area contributed by atoms with Gasteiger partial charge in [0.05, 0.1) is 22.4 Å². The molecule has 342 valence electrons. The molecule has 9 rings (SSSR count). The Kier molecular flexibility index (Phi) is 15.5. The number of carboxylic acids is 1. The first kappa shape index (κ1) is 48.6. The van der Waals surface area contributed by atoms with E-state index in [1.54, 1.807) is 48.4 Å². The molecule has 0 bridgehead atoms. The van der Waals surface area contributed by atoms with Crippen molar-refractivity contribution in [1.29, 1.82) is 0 Å². The average molecular weight is 933 g/mol. The maximum atomic E-state index is 10.7. The van der Waals surface area contributed by atoms with Gasteiger partial charge < -0.3 is 32.2 Å². The van der Waals surface area contributed by atoms with Crippen LogP contribution < -0.4 is 22.5 Å². The zero-order valence-electron chi connectivity index (χ0n) is 38.2. The van der Waals surface area contributed by atoms with E-state index in [2.05, 4.69) is 118 Å². The molecule has 17 heteroatoms. The van der Waals surface area contributed by atoms with Crippen molar-refractivity contribution in [2.75, 3.05) is 22.5 Å². The molecule has 0 aliphatic heterocycles. The van der Waals surface area contributed by atoms with E-state index in [0.29, 0.717) is 11.3 Å². The molecule has 9 aromatic rings. The summed E-state index contributed by atoms with van der Waals surface area (Å²) >= 11 is 3.17. The molecule has 5 aromatic heterocycles. The van der Waals surface area contributed by atoms with E-state index in [4.69, 9.17) is 32.1 Å². The number of thiazole rings is 2. The molecule has 0 amide bonds. The highest BCUT2D eigenvalue weighted by atomic mass is 32.1. The number of nitrogens with two attached hydrogens (primary N) is 3. The summed E-state index contributed by atoms with van der Waals surface area (Å²) < 4.78 is 2.30. The predicted molar refractivity (Wildman–Crippen MR) is 273 cm³/mol. The number of nitrogens with zero attached hydrogens (tertiary/aromatic N) is 8. The zero-order chi connectivity index (χ0) is 48.3. The lowest BCUT2D eigenvalue weighted by molar-refractivity contribution is -0.134. The highest BCUT2D eigenvalue weighted by molar-refractivity contribution is 7.13. The van der Waals surface area contributed by atoms with Gasteiger partial charge in [-0.2, -0.15) is 0 Å². The Hall–Kier alpha value is -7.89. The minimum atomic E-state index is -0.833. The van der Waals surface area contributed by atoms with Gasteiger partial charge in [-0.25, -0.2) is 34.9 Å². The van der Waals surface area contributed by atoms with Gasteiger partial charge in [0.2, 0.25) is 11.9 Å². The number of hydrogen-bond donors (Lipinski definition) is 5. The summed E-state index contributed by atoms with van der Waals surface area (Å²) in [5.41, 5.74) is 28.2. The number of nitrogen functional groups attached to an aromatic ring is 3. The number of aldehydes is 1. The molecule has 0 saturated carbocycles. The van der Waals surface area contributed by atoms with Gasteiger partial charge in [0, 0.05) is 99.3 Å². The monoisotopic (exact) mass is 932 g/mol. The lowest BCUT2D eigenvalue weighted by atomic mass is 10.0. The standard InChI is InChI=1S/C24H22N6S.C14H19N5.C10H7NOS.C2H4O2/c1-24(2,3)30-20-9-8-15(16-13-27-23(25)28-14-16)12-19(20)29-21(30)17-6-4-5-7-18(17)22-26-10-11-31-22;1-14(2,3)19-12-5-4-9(6-11(12)15)10-7-17-13(16)18-8-10;12-7-8-3-1-2-4-9(8)10-11-5-6-13-10;1-2(3)4/h4-14H,1-3H3,(H2,25,27,28);4-8,19H,15H2,1-3H3,(H2,16,17,18);1-7H;1H3,(H,3,4). The summed E-state index contributed by atoms with van der Waals surface area (Å²) in [6.45, 7) is 14.0. The molecule has 5 heterocycles. The molecule has 0 aliphatic carbocycles. The van der Waals surface area contributed by atoms with Crippen LogP contribution in [0.15, 0.2) is 133 Å². The highest BCUT2D eigenvalue weighted by Crippen LogP contribution is 2.38. The fourth-order valence-electron chi connectivity index (χ4n) is 6.73. The number of carboxylic acid groups (broad SMARTS) is 1. The first-order chi connectivity index (χ1) is 31.9. The van der Waals surface area contributed by atoms with Crippen molar-refractivity contribution in [2.45, 2.75) is 59.5 Å². The molecule has 0 saturated heterocycles. The third kappa shape index (κ3) is 12.9. The van der Waals surface area contributed by atoms with Crippen LogP contribution in [0.1, 0.15) is 58.8 Å². The van der Waals surface area contributed by atoms with Gasteiger partial charge in [0.15, 0.2) is 6.29 Å². The Bertz CT molecular complexity index is 3050.